The van der Waals surface area contributed by atoms with E-state index in [9.17, 15) is 15.0 Å². The lowest BCUT2D eigenvalue weighted by molar-refractivity contribution is -0.719. The smallest absolute Gasteiger partial charge is 0.350 e. The van der Waals surface area contributed by atoms with Crippen LogP contribution in [0, 0.1) is 0 Å². The monoisotopic (exact) mass is 318 g/mol. The maximum absolute atomic E-state index is 12.7. The first-order valence-corrected chi connectivity index (χ1v) is 7.58. The van der Waals surface area contributed by atoms with Gasteiger partial charge in [-0.2, -0.15) is 4.40 Å². The maximum atomic E-state index is 12.7. The Morgan fingerprint density at radius 3 is 2.73 bits per heavy atom. The third-order valence-corrected chi connectivity index (χ3v) is 4.26. The van der Waals surface area contributed by atoms with E-state index in [-0.39, 0.29) is 17.7 Å². The summed E-state index contributed by atoms with van der Waals surface area (Å²) >= 11 is 1.23. The summed E-state index contributed by atoms with van der Waals surface area (Å²) in [5.41, 5.74) is 0.203. The number of aromatic nitrogens is 2. The number of hydrogen-bond donors (Lipinski definition) is 2. The van der Waals surface area contributed by atoms with Crippen molar-refractivity contribution in [2.45, 2.75) is 12.6 Å². The molecule has 2 N–H and O–H groups in total. The van der Waals surface area contributed by atoms with Crippen LogP contribution < -0.4 is 15.2 Å². The SMILES string of the molecule is O=c1c(-c2ccccc2)c([O-])[n+](CC(O)CO)c2sccn12. The fourth-order valence-electron chi connectivity index (χ4n) is 2.34. The van der Waals surface area contributed by atoms with Gasteiger partial charge < -0.3 is 15.3 Å². The summed E-state index contributed by atoms with van der Waals surface area (Å²) in [6, 6.07) is 8.71. The zero-order valence-electron chi connectivity index (χ0n) is 11.5. The standard InChI is InChI=1S/C15H14N2O4S/c18-9-11(19)8-17-14(21)12(10-4-2-1-3-5-10)13(20)16-6-7-22-15(16)17/h1-7,11,18-19H,8-9H2. The minimum absolute atomic E-state index is 0.0571. The van der Waals surface area contributed by atoms with Crippen LogP contribution in [0.4, 0.5) is 0 Å². The highest BCUT2D eigenvalue weighted by Gasteiger charge is 2.22. The molecule has 0 aliphatic heterocycles. The largest absolute Gasteiger partial charge is 0.842 e. The van der Waals surface area contributed by atoms with Crippen molar-refractivity contribution in [2.75, 3.05) is 6.61 Å². The Labute approximate surface area is 129 Å². The Bertz CT molecular complexity index is 857. The number of aliphatic hydroxyl groups excluding tert-OH is 2. The van der Waals surface area contributed by atoms with E-state index in [4.69, 9.17) is 5.11 Å². The van der Waals surface area contributed by atoms with Crippen molar-refractivity contribution in [3.63, 3.8) is 0 Å². The van der Waals surface area contributed by atoms with Crippen LogP contribution in [-0.4, -0.2) is 27.3 Å². The van der Waals surface area contributed by atoms with E-state index in [1.807, 2.05) is 0 Å². The molecule has 114 valence electrons. The van der Waals surface area contributed by atoms with Crippen LogP contribution in [0.2, 0.25) is 0 Å². The van der Waals surface area contributed by atoms with Crippen LogP contribution in [-0.2, 0) is 6.54 Å². The van der Waals surface area contributed by atoms with Crippen LogP contribution in [0.1, 0.15) is 0 Å². The predicted molar refractivity (Wildman–Crippen MR) is 79.7 cm³/mol. The van der Waals surface area contributed by atoms with Gasteiger partial charge in [-0.05, 0) is 5.56 Å². The van der Waals surface area contributed by atoms with Crippen molar-refractivity contribution < 1.29 is 19.9 Å². The Morgan fingerprint density at radius 1 is 1.32 bits per heavy atom. The lowest BCUT2D eigenvalue weighted by Gasteiger charge is -2.17. The quantitative estimate of drug-likeness (QED) is 0.649. The lowest BCUT2D eigenvalue weighted by Crippen LogP contribution is -2.47. The van der Waals surface area contributed by atoms with Gasteiger partial charge in [-0.1, -0.05) is 41.7 Å². The molecule has 0 spiro atoms. The van der Waals surface area contributed by atoms with E-state index in [2.05, 4.69) is 0 Å². The summed E-state index contributed by atoms with van der Waals surface area (Å²) in [5.74, 6) is -0.467. The first-order valence-electron chi connectivity index (χ1n) is 6.70. The van der Waals surface area contributed by atoms with Crippen LogP contribution in [0.25, 0.3) is 16.1 Å². The molecule has 7 heteroatoms. The zero-order valence-corrected chi connectivity index (χ0v) is 12.4. The normalized spacial score (nSPS) is 12.6. The molecule has 0 aliphatic rings. The highest BCUT2D eigenvalue weighted by atomic mass is 32.1. The minimum Gasteiger partial charge on any atom is -0.842 e. The van der Waals surface area contributed by atoms with Gasteiger partial charge >= 0.3 is 10.5 Å². The van der Waals surface area contributed by atoms with Crippen molar-refractivity contribution in [1.82, 2.24) is 4.40 Å². The van der Waals surface area contributed by atoms with Crippen molar-refractivity contribution >= 4 is 16.3 Å². The molecule has 3 rings (SSSR count). The fraction of sp³-hybridized carbons (Fsp3) is 0.200. The molecule has 0 bridgehead atoms. The Hall–Kier alpha value is -2.22. The Balaban J connectivity index is 2.31. The predicted octanol–water partition coefficient (Wildman–Crippen LogP) is -0.258. The average Bonchev–Trinajstić information content (AvgIpc) is 3.02. The highest BCUT2D eigenvalue weighted by molar-refractivity contribution is 7.14. The molecule has 2 aromatic heterocycles. The molecule has 0 fully saturated rings. The third kappa shape index (κ3) is 2.39. The summed E-state index contributed by atoms with van der Waals surface area (Å²) in [6.45, 7) is -0.525. The van der Waals surface area contributed by atoms with E-state index in [1.54, 1.807) is 41.9 Å². The molecule has 0 aliphatic carbocycles. The molecule has 6 nitrogen and oxygen atoms in total. The van der Waals surface area contributed by atoms with Gasteiger partial charge in [-0.15, -0.1) is 0 Å². The van der Waals surface area contributed by atoms with Crippen LogP contribution in [0.5, 0.6) is 5.88 Å². The molecule has 3 aromatic rings. The minimum atomic E-state index is -1.07. The summed E-state index contributed by atoms with van der Waals surface area (Å²) in [7, 11) is 0. The second-order valence-electron chi connectivity index (χ2n) is 4.85. The van der Waals surface area contributed by atoms with Crippen LogP contribution >= 0.6 is 11.3 Å². The number of rotatable bonds is 4. The van der Waals surface area contributed by atoms with Gasteiger partial charge in [-0.25, -0.2) is 9.36 Å². The average molecular weight is 318 g/mol. The molecule has 1 atom stereocenters. The summed E-state index contributed by atoms with van der Waals surface area (Å²) in [5, 5.41) is 33.1. The van der Waals surface area contributed by atoms with Gasteiger partial charge in [-0.3, -0.25) is 0 Å². The molecule has 1 unspecified atom stereocenters. The van der Waals surface area contributed by atoms with Crippen molar-refractivity contribution in [1.29, 1.82) is 0 Å². The first kappa shape index (κ1) is 14.7. The van der Waals surface area contributed by atoms with E-state index < -0.39 is 18.6 Å². The second kappa shape index (κ2) is 5.88. The topological polar surface area (TPSA) is 88.9 Å². The number of hydrogen-bond acceptors (Lipinski definition) is 5. The maximum Gasteiger partial charge on any atom is 0.350 e. The Morgan fingerprint density at radius 2 is 2.05 bits per heavy atom. The van der Waals surface area contributed by atoms with Crippen LogP contribution in [0.15, 0.2) is 46.7 Å². The summed E-state index contributed by atoms with van der Waals surface area (Å²) in [6.07, 6.45) is 0.528. The molecule has 0 radical (unpaired) electrons. The number of thiazole rings is 1. The molecule has 22 heavy (non-hydrogen) atoms. The van der Waals surface area contributed by atoms with Gasteiger partial charge in [0.25, 0.3) is 0 Å². The van der Waals surface area contributed by atoms with Gasteiger partial charge in [0.05, 0.1) is 12.5 Å². The molecule has 0 saturated heterocycles. The first-order chi connectivity index (χ1) is 10.6. The molecule has 1 aromatic carbocycles. The van der Waals surface area contributed by atoms with Gasteiger partial charge in [0, 0.05) is 5.38 Å². The van der Waals surface area contributed by atoms with Crippen molar-refractivity contribution in [3.8, 4) is 17.0 Å². The van der Waals surface area contributed by atoms with Crippen molar-refractivity contribution in [3.05, 3.63) is 52.3 Å². The zero-order chi connectivity index (χ0) is 15.7. The number of aliphatic hydroxyl groups is 2. The van der Waals surface area contributed by atoms with Gasteiger partial charge in [0.1, 0.15) is 24.4 Å². The van der Waals surface area contributed by atoms with E-state index in [0.29, 0.717) is 10.5 Å². The molecule has 0 saturated carbocycles. The molecular weight excluding hydrogens is 304 g/mol. The van der Waals surface area contributed by atoms with Crippen LogP contribution in [0.3, 0.4) is 0 Å². The highest BCUT2D eigenvalue weighted by Crippen LogP contribution is 2.22. The fourth-order valence-corrected chi connectivity index (χ4v) is 3.18. The van der Waals surface area contributed by atoms with E-state index in [0.717, 1.165) is 0 Å². The third-order valence-electron chi connectivity index (χ3n) is 3.38. The van der Waals surface area contributed by atoms with Gasteiger partial charge in [0.2, 0.25) is 0 Å². The van der Waals surface area contributed by atoms with Crippen molar-refractivity contribution in [2.24, 2.45) is 0 Å². The van der Waals surface area contributed by atoms with E-state index >= 15 is 0 Å². The molecular formula is C15H14N2O4S. The Kier molecular flexibility index (Phi) is 3.93. The number of benzene rings is 1. The van der Waals surface area contributed by atoms with E-state index in [1.165, 1.54) is 20.3 Å². The summed E-state index contributed by atoms with van der Waals surface area (Å²) < 4.78 is 2.72. The lowest BCUT2D eigenvalue weighted by atomic mass is 10.1. The number of nitrogens with zero attached hydrogens (tertiary/aromatic N) is 2. The summed E-state index contributed by atoms with van der Waals surface area (Å²) in [4.78, 5) is 13.0. The molecule has 2 heterocycles. The number of fused-ring (bicyclic) bond motifs is 1. The molecule has 0 amide bonds. The second-order valence-corrected chi connectivity index (χ2v) is 5.73. The van der Waals surface area contributed by atoms with Gasteiger partial charge in [0.15, 0.2) is 0 Å².